The van der Waals surface area contributed by atoms with Crippen molar-refractivity contribution >= 4 is 11.9 Å². The molecule has 0 aliphatic carbocycles. The molecule has 4 N–H and O–H groups in total. The first kappa shape index (κ1) is 13.9. The molecule has 5 nitrogen and oxygen atoms in total. The van der Waals surface area contributed by atoms with Gasteiger partial charge in [0.15, 0.2) is 0 Å². The molecule has 0 saturated heterocycles. The van der Waals surface area contributed by atoms with E-state index in [0.29, 0.717) is 12.3 Å². The highest BCUT2D eigenvalue weighted by atomic mass is 16.4. The first-order valence-corrected chi connectivity index (χ1v) is 5.20. The molecule has 2 atom stereocenters. The number of aliphatic carboxylic acids is 1. The summed E-state index contributed by atoms with van der Waals surface area (Å²) in [5.74, 6) is -0.808. The lowest BCUT2D eigenvalue weighted by molar-refractivity contribution is -0.137. The normalized spacial score (nSPS) is 14.3. The maximum atomic E-state index is 11.0. The largest absolute Gasteiger partial charge is 0.481 e. The fourth-order valence-corrected chi connectivity index (χ4v) is 1.34. The van der Waals surface area contributed by atoms with Crippen molar-refractivity contribution in [3.05, 3.63) is 0 Å². The van der Waals surface area contributed by atoms with Gasteiger partial charge < -0.3 is 16.2 Å². The van der Waals surface area contributed by atoms with Gasteiger partial charge >= 0.3 is 5.97 Å². The number of carboxylic acid groups (broad SMARTS) is 1. The molecular weight excluding hydrogens is 196 g/mol. The van der Waals surface area contributed by atoms with Crippen molar-refractivity contribution in [3.63, 3.8) is 0 Å². The molecule has 0 spiro atoms. The topological polar surface area (TPSA) is 92.4 Å². The van der Waals surface area contributed by atoms with Gasteiger partial charge in [0, 0.05) is 6.04 Å². The van der Waals surface area contributed by atoms with Gasteiger partial charge in [0.1, 0.15) is 0 Å². The van der Waals surface area contributed by atoms with Gasteiger partial charge in [-0.2, -0.15) is 0 Å². The molecular formula is C10H20N2O3. The summed E-state index contributed by atoms with van der Waals surface area (Å²) in [4.78, 5) is 21.6. The van der Waals surface area contributed by atoms with Crippen molar-refractivity contribution in [1.82, 2.24) is 5.32 Å². The lowest BCUT2D eigenvalue weighted by atomic mass is 9.97. The SMILES string of the molecule is CC[C@@H](C)C[C@@H](CC(=O)O)NC(=O)CN. The number of nitrogens with one attached hydrogen (secondary N) is 1. The zero-order valence-electron chi connectivity index (χ0n) is 9.32. The van der Waals surface area contributed by atoms with Crippen LogP contribution in [-0.2, 0) is 9.59 Å². The molecule has 0 aromatic rings. The molecule has 0 aliphatic rings. The van der Waals surface area contributed by atoms with Crippen molar-refractivity contribution in [2.75, 3.05) is 6.54 Å². The highest BCUT2D eigenvalue weighted by Crippen LogP contribution is 2.12. The molecule has 1 amide bonds. The van der Waals surface area contributed by atoms with Crippen LogP contribution < -0.4 is 11.1 Å². The third kappa shape index (κ3) is 6.90. The molecule has 0 aromatic heterocycles. The summed E-state index contributed by atoms with van der Waals surface area (Å²) in [6, 6.07) is -0.312. The fraction of sp³-hybridized carbons (Fsp3) is 0.800. The van der Waals surface area contributed by atoms with Crippen LogP contribution >= 0.6 is 0 Å². The molecule has 0 saturated carbocycles. The number of nitrogens with two attached hydrogens (primary N) is 1. The van der Waals surface area contributed by atoms with E-state index < -0.39 is 5.97 Å². The van der Waals surface area contributed by atoms with Gasteiger partial charge in [0.05, 0.1) is 13.0 Å². The van der Waals surface area contributed by atoms with Gasteiger partial charge in [-0.05, 0) is 12.3 Å². The van der Waals surface area contributed by atoms with E-state index in [9.17, 15) is 9.59 Å². The minimum absolute atomic E-state index is 0.0456. The maximum absolute atomic E-state index is 11.0. The van der Waals surface area contributed by atoms with Crippen molar-refractivity contribution in [1.29, 1.82) is 0 Å². The van der Waals surface area contributed by atoms with E-state index in [0.717, 1.165) is 6.42 Å². The minimum atomic E-state index is -0.902. The predicted molar refractivity (Wildman–Crippen MR) is 57.3 cm³/mol. The molecule has 88 valence electrons. The molecule has 0 aliphatic heterocycles. The number of rotatable bonds is 7. The molecule has 0 aromatic carbocycles. The Labute approximate surface area is 90.0 Å². The van der Waals surface area contributed by atoms with Gasteiger partial charge in [0.2, 0.25) is 5.91 Å². The standard InChI is InChI=1S/C10H20N2O3/c1-3-7(2)4-8(5-10(14)15)12-9(13)6-11/h7-8H,3-6,11H2,1-2H3,(H,12,13)(H,14,15)/t7-,8+/m1/s1. The summed E-state index contributed by atoms with van der Waals surface area (Å²) in [6.45, 7) is 3.97. The van der Waals surface area contributed by atoms with Crippen LogP contribution in [0, 0.1) is 5.92 Å². The molecule has 0 rings (SSSR count). The van der Waals surface area contributed by atoms with Gasteiger partial charge in [0.25, 0.3) is 0 Å². The third-order valence-electron chi connectivity index (χ3n) is 2.36. The first-order valence-electron chi connectivity index (χ1n) is 5.20. The summed E-state index contributed by atoms with van der Waals surface area (Å²) >= 11 is 0. The Kier molecular flexibility index (Phi) is 6.70. The van der Waals surface area contributed by atoms with E-state index >= 15 is 0 Å². The first-order chi connectivity index (χ1) is 6.99. The van der Waals surface area contributed by atoms with Crippen molar-refractivity contribution in [2.24, 2.45) is 11.7 Å². The summed E-state index contributed by atoms with van der Waals surface area (Å²) in [7, 11) is 0. The van der Waals surface area contributed by atoms with E-state index in [1.54, 1.807) is 0 Å². The predicted octanol–water partition coefficient (Wildman–Crippen LogP) is 0.341. The Hall–Kier alpha value is -1.10. The third-order valence-corrected chi connectivity index (χ3v) is 2.36. The van der Waals surface area contributed by atoms with Crippen LogP contribution in [0.1, 0.15) is 33.1 Å². The summed E-state index contributed by atoms with van der Waals surface area (Å²) in [5, 5.41) is 11.3. The number of carboxylic acids is 1. The van der Waals surface area contributed by atoms with E-state index in [-0.39, 0.29) is 24.9 Å². The van der Waals surface area contributed by atoms with Gasteiger partial charge in [-0.1, -0.05) is 20.3 Å². The quantitative estimate of drug-likeness (QED) is 0.572. The van der Waals surface area contributed by atoms with E-state index in [1.807, 2.05) is 13.8 Å². The van der Waals surface area contributed by atoms with Gasteiger partial charge in [-0.25, -0.2) is 0 Å². The van der Waals surface area contributed by atoms with Crippen LogP contribution in [0.2, 0.25) is 0 Å². The van der Waals surface area contributed by atoms with E-state index in [1.165, 1.54) is 0 Å². The van der Waals surface area contributed by atoms with Crippen LogP contribution in [0.15, 0.2) is 0 Å². The number of hydrogen-bond donors (Lipinski definition) is 3. The van der Waals surface area contributed by atoms with Crippen molar-refractivity contribution in [3.8, 4) is 0 Å². The number of hydrogen-bond acceptors (Lipinski definition) is 3. The Balaban J connectivity index is 4.17. The molecule has 0 heterocycles. The minimum Gasteiger partial charge on any atom is -0.481 e. The van der Waals surface area contributed by atoms with Crippen molar-refractivity contribution in [2.45, 2.75) is 39.2 Å². The van der Waals surface area contributed by atoms with Gasteiger partial charge in [-0.15, -0.1) is 0 Å². The van der Waals surface area contributed by atoms with Crippen LogP contribution in [0.25, 0.3) is 0 Å². The molecule has 0 fully saturated rings. The summed E-state index contributed by atoms with van der Waals surface area (Å²) < 4.78 is 0. The van der Waals surface area contributed by atoms with Gasteiger partial charge in [-0.3, -0.25) is 9.59 Å². The zero-order valence-corrected chi connectivity index (χ0v) is 9.32. The van der Waals surface area contributed by atoms with Crippen LogP contribution in [0.3, 0.4) is 0 Å². The van der Waals surface area contributed by atoms with E-state index in [2.05, 4.69) is 5.32 Å². The molecule has 0 radical (unpaired) electrons. The second kappa shape index (κ2) is 7.23. The van der Waals surface area contributed by atoms with Crippen LogP contribution in [0.5, 0.6) is 0 Å². The van der Waals surface area contributed by atoms with Crippen LogP contribution in [0.4, 0.5) is 0 Å². The number of carbonyl (C=O) groups excluding carboxylic acids is 1. The Morgan fingerprint density at radius 1 is 1.47 bits per heavy atom. The van der Waals surface area contributed by atoms with Crippen LogP contribution in [-0.4, -0.2) is 29.6 Å². The summed E-state index contributed by atoms with van der Waals surface area (Å²) in [5.41, 5.74) is 5.15. The fourth-order valence-electron chi connectivity index (χ4n) is 1.34. The highest BCUT2D eigenvalue weighted by Gasteiger charge is 2.17. The monoisotopic (exact) mass is 216 g/mol. The number of amides is 1. The Morgan fingerprint density at radius 2 is 2.07 bits per heavy atom. The van der Waals surface area contributed by atoms with E-state index in [4.69, 9.17) is 10.8 Å². The Bertz CT molecular complexity index is 219. The summed E-state index contributed by atoms with van der Waals surface area (Å²) in [6.07, 6.45) is 1.60. The highest BCUT2D eigenvalue weighted by molar-refractivity contribution is 5.79. The Morgan fingerprint density at radius 3 is 2.47 bits per heavy atom. The second-order valence-corrected chi connectivity index (χ2v) is 3.82. The smallest absolute Gasteiger partial charge is 0.305 e. The molecule has 15 heavy (non-hydrogen) atoms. The second-order valence-electron chi connectivity index (χ2n) is 3.82. The lowest BCUT2D eigenvalue weighted by Crippen LogP contribution is -2.40. The molecule has 0 unspecified atom stereocenters. The zero-order chi connectivity index (χ0) is 11.8. The average molecular weight is 216 g/mol. The molecule has 0 bridgehead atoms. The molecule has 5 heteroatoms. The van der Waals surface area contributed by atoms with Crippen molar-refractivity contribution < 1.29 is 14.7 Å². The average Bonchev–Trinajstić information content (AvgIpc) is 2.16. The number of carbonyl (C=O) groups is 2. The maximum Gasteiger partial charge on any atom is 0.305 e. The lowest BCUT2D eigenvalue weighted by Gasteiger charge is -2.19.